The van der Waals surface area contributed by atoms with Gasteiger partial charge in [-0.3, -0.25) is 4.79 Å². The van der Waals surface area contributed by atoms with Crippen LogP contribution in [0.1, 0.15) is 48.4 Å². The van der Waals surface area contributed by atoms with E-state index in [0.717, 1.165) is 5.52 Å². The molecule has 3 nitrogen and oxygen atoms in total. The lowest BCUT2D eigenvalue weighted by Gasteiger charge is -2.20. The van der Waals surface area contributed by atoms with Crippen LogP contribution in [-0.4, -0.2) is 17.4 Å². The highest BCUT2D eigenvalue weighted by atomic mass is 16.1. The summed E-state index contributed by atoms with van der Waals surface area (Å²) in [5.74, 6) is 0.597. The molecular formula is C23H28N2O. The number of aryl methyl sites for hydroxylation is 2. The van der Waals surface area contributed by atoms with Gasteiger partial charge in [-0.2, -0.15) is 0 Å². The van der Waals surface area contributed by atoms with E-state index in [0.29, 0.717) is 18.9 Å². The molecule has 0 aliphatic carbocycles. The molecule has 2 aromatic carbocycles. The quantitative estimate of drug-likeness (QED) is 0.641. The number of fused-ring (bicyclic) bond motifs is 1. The van der Waals surface area contributed by atoms with E-state index >= 15 is 0 Å². The van der Waals surface area contributed by atoms with Crippen molar-refractivity contribution in [3.05, 3.63) is 70.9 Å². The fraction of sp³-hybridized carbons (Fsp3) is 0.348. The summed E-state index contributed by atoms with van der Waals surface area (Å²) in [6, 6.07) is 14.8. The van der Waals surface area contributed by atoms with Crippen LogP contribution in [0.5, 0.6) is 0 Å². The largest absolute Gasteiger partial charge is 0.361 e. The molecule has 136 valence electrons. The van der Waals surface area contributed by atoms with E-state index < -0.39 is 0 Å². The highest BCUT2D eigenvalue weighted by Gasteiger charge is 2.22. The zero-order chi connectivity index (χ0) is 18.7. The smallest absolute Gasteiger partial charge is 0.220 e. The summed E-state index contributed by atoms with van der Waals surface area (Å²) < 4.78 is 0. The molecule has 1 heterocycles. The number of benzene rings is 2. The van der Waals surface area contributed by atoms with Crippen LogP contribution in [0.15, 0.2) is 48.7 Å². The molecule has 0 fully saturated rings. The number of hydrogen-bond donors (Lipinski definition) is 2. The van der Waals surface area contributed by atoms with Gasteiger partial charge in [0.15, 0.2) is 0 Å². The van der Waals surface area contributed by atoms with Gasteiger partial charge in [-0.25, -0.2) is 0 Å². The Morgan fingerprint density at radius 1 is 1.08 bits per heavy atom. The average molecular weight is 348 g/mol. The molecule has 1 amide bonds. The molecule has 0 saturated heterocycles. The van der Waals surface area contributed by atoms with Crippen molar-refractivity contribution in [1.82, 2.24) is 10.3 Å². The number of H-pyrrole nitrogens is 1. The third-order valence-electron chi connectivity index (χ3n) is 4.89. The molecule has 0 saturated carbocycles. The summed E-state index contributed by atoms with van der Waals surface area (Å²) in [6.07, 6.45) is 2.52. The fourth-order valence-corrected chi connectivity index (χ4v) is 3.56. The van der Waals surface area contributed by atoms with Crippen LogP contribution >= 0.6 is 0 Å². The highest BCUT2D eigenvalue weighted by molar-refractivity contribution is 5.86. The number of carbonyl (C=O) groups excluding carboxylic acids is 1. The second-order valence-corrected chi connectivity index (χ2v) is 7.60. The number of hydrogen-bond acceptors (Lipinski definition) is 1. The lowest BCUT2D eigenvalue weighted by molar-refractivity contribution is -0.121. The van der Waals surface area contributed by atoms with E-state index in [-0.39, 0.29) is 11.8 Å². The highest BCUT2D eigenvalue weighted by Crippen LogP contribution is 2.35. The molecule has 1 unspecified atom stereocenters. The van der Waals surface area contributed by atoms with Gasteiger partial charge in [-0.15, -0.1) is 0 Å². The maximum absolute atomic E-state index is 12.6. The average Bonchev–Trinajstić information content (AvgIpc) is 3.02. The van der Waals surface area contributed by atoms with Crippen molar-refractivity contribution >= 4 is 16.8 Å². The van der Waals surface area contributed by atoms with Gasteiger partial charge in [0.1, 0.15) is 0 Å². The first-order valence-corrected chi connectivity index (χ1v) is 9.35. The molecule has 0 aliphatic rings. The summed E-state index contributed by atoms with van der Waals surface area (Å²) in [5, 5.41) is 4.26. The van der Waals surface area contributed by atoms with Gasteiger partial charge in [-0.1, -0.05) is 55.8 Å². The van der Waals surface area contributed by atoms with Gasteiger partial charge >= 0.3 is 0 Å². The van der Waals surface area contributed by atoms with Crippen LogP contribution in [0.4, 0.5) is 0 Å². The maximum Gasteiger partial charge on any atom is 0.220 e. The monoisotopic (exact) mass is 348 g/mol. The summed E-state index contributed by atoms with van der Waals surface area (Å²) >= 11 is 0. The van der Waals surface area contributed by atoms with Crippen molar-refractivity contribution in [2.24, 2.45) is 5.92 Å². The molecule has 1 aromatic heterocycles. The first-order chi connectivity index (χ1) is 12.5. The number of amides is 1. The lowest BCUT2D eigenvalue weighted by Crippen LogP contribution is -2.28. The van der Waals surface area contributed by atoms with Crippen molar-refractivity contribution in [1.29, 1.82) is 0 Å². The van der Waals surface area contributed by atoms with Crippen LogP contribution in [0.2, 0.25) is 0 Å². The van der Waals surface area contributed by atoms with Crippen molar-refractivity contribution in [3.8, 4) is 0 Å². The Morgan fingerprint density at radius 3 is 2.58 bits per heavy atom. The van der Waals surface area contributed by atoms with Gasteiger partial charge in [0, 0.05) is 36.0 Å². The lowest BCUT2D eigenvalue weighted by atomic mass is 9.85. The number of aromatic nitrogens is 1. The third-order valence-corrected chi connectivity index (χ3v) is 4.89. The summed E-state index contributed by atoms with van der Waals surface area (Å²) in [7, 11) is 0. The van der Waals surface area contributed by atoms with Gasteiger partial charge in [-0.05, 0) is 42.5 Å². The van der Waals surface area contributed by atoms with Crippen LogP contribution in [0, 0.1) is 19.8 Å². The van der Waals surface area contributed by atoms with Crippen LogP contribution in [0.3, 0.4) is 0 Å². The van der Waals surface area contributed by atoms with E-state index in [1.165, 1.54) is 27.6 Å². The molecule has 0 spiro atoms. The van der Waals surface area contributed by atoms with E-state index in [4.69, 9.17) is 0 Å². The van der Waals surface area contributed by atoms with Gasteiger partial charge in [0.05, 0.1) is 0 Å². The number of para-hydroxylation sites is 1. The molecule has 3 heteroatoms. The topological polar surface area (TPSA) is 44.9 Å². The molecule has 2 N–H and O–H groups in total. The molecular weight excluding hydrogens is 320 g/mol. The Labute approximate surface area is 155 Å². The van der Waals surface area contributed by atoms with Gasteiger partial charge in [0.2, 0.25) is 5.91 Å². The van der Waals surface area contributed by atoms with Crippen molar-refractivity contribution in [2.45, 2.75) is 40.0 Å². The number of nitrogens with one attached hydrogen (secondary N) is 2. The van der Waals surface area contributed by atoms with Gasteiger partial charge < -0.3 is 10.3 Å². The molecule has 1 atom stereocenters. The van der Waals surface area contributed by atoms with Crippen LogP contribution in [0.25, 0.3) is 10.9 Å². The molecule has 0 bridgehead atoms. The summed E-state index contributed by atoms with van der Waals surface area (Å²) in [4.78, 5) is 16.0. The Kier molecular flexibility index (Phi) is 5.46. The minimum atomic E-state index is 0.0407. The second kappa shape index (κ2) is 7.77. The maximum atomic E-state index is 12.6. The molecule has 26 heavy (non-hydrogen) atoms. The summed E-state index contributed by atoms with van der Waals surface area (Å²) in [5.41, 5.74) is 6.00. The predicted molar refractivity (Wildman–Crippen MR) is 109 cm³/mol. The number of rotatable bonds is 6. The standard InChI is InChI=1S/C23H28N2O/c1-15(2)13-25-23(26)12-20(18-10-9-16(3)11-17(18)4)21-14-24-22-8-6-5-7-19(21)22/h5-11,14-15,20,24H,12-13H2,1-4H3,(H,25,26). The van der Waals surface area contributed by atoms with Crippen molar-refractivity contribution < 1.29 is 4.79 Å². The zero-order valence-electron chi connectivity index (χ0n) is 16.1. The minimum absolute atomic E-state index is 0.0407. The van der Waals surface area contributed by atoms with Crippen molar-refractivity contribution in [2.75, 3.05) is 6.54 Å². The SMILES string of the molecule is Cc1ccc(C(CC(=O)NCC(C)C)c2c[nH]c3ccccc23)c(C)c1. The Hall–Kier alpha value is -2.55. The molecule has 0 aliphatic heterocycles. The first kappa shape index (κ1) is 18.2. The molecule has 0 radical (unpaired) electrons. The fourth-order valence-electron chi connectivity index (χ4n) is 3.56. The van der Waals surface area contributed by atoms with E-state index in [2.05, 4.69) is 80.6 Å². The van der Waals surface area contributed by atoms with E-state index in [9.17, 15) is 4.79 Å². The number of aromatic amines is 1. The first-order valence-electron chi connectivity index (χ1n) is 9.35. The van der Waals surface area contributed by atoms with Crippen molar-refractivity contribution in [3.63, 3.8) is 0 Å². The number of carbonyl (C=O) groups is 1. The van der Waals surface area contributed by atoms with Crippen LogP contribution < -0.4 is 5.32 Å². The normalized spacial score (nSPS) is 12.5. The predicted octanol–water partition coefficient (Wildman–Crippen LogP) is 5.08. The van der Waals surface area contributed by atoms with Crippen LogP contribution in [-0.2, 0) is 4.79 Å². The van der Waals surface area contributed by atoms with Gasteiger partial charge in [0.25, 0.3) is 0 Å². The molecule has 3 aromatic rings. The third kappa shape index (κ3) is 3.98. The summed E-state index contributed by atoms with van der Waals surface area (Å²) in [6.45, 7) is 9.18. The molecule has 3 rings (SSSR count). The zero-order valence-corrected chi connectivity index (χ0v) is 16.1. The second-order valence-electron chi connectivity index (χ2n) is 7.60. The Balaban J connectivity index is 2.00. The van der Waals surface area contributed by atoms with E-state index in [1.807, 2.05) is 6.07 Å². The Morgan fingerprint density at radius 2 is 1.85 bits per heavy atom. The minimum Gasteiger partial charge on any atom is -0.361 e. The van der Waals surface area contributed by atoms with E-state index in [1.54, 1.807) is 0 Å². The Bertz CT molecular complexity index is 907.